The normalized spacial score (nSPS) is 10.0. The average Bonchev–Trinajstić information content (AvgIpc) is 2.37. The summed E-state index contributed by atoms with van der Waals surface area (Å²) < 4.78 is 0. The highest BCUT2D eigenvalue weighted by atomic mass is 16.2. The molecule has 0 heterocycles. The van der Waals surface area contributed by atoms with E-state index in [4.69, 9.17) is 0 Å². The molecule has 19 heavy (non-hydrogen) atoms. The highest BCUT2D eigenvalue weighted by Crippen LogP contribution is 2.12. The molecule has 0 atom stereocenters. The molecule has 1 aromatic carbocycles. The second-order valence-corrected chi connectivity index (χ2v) is 4.52. The first-order valence-corrected chi connectivity index (χ1v) is 6.41. The Bertz CT molecular complexity index is 463. The van der Waals surface area contributed by atoms with E-state index in [1.807, 2.05) is 24.3 Å². The third-order valence-corrected chi connectivity index (χ3v) is 2.70. The summed E-state index contributed by atoms with van der Waals surface area (Å²) in [6.07, 6.45) is 1.46. The number of amides is 1. The van der Waals surface area contributed by atoms with Crippen molar-refractivity contribution in [3.63, 3.8) is 0 Å². The molecule has 1 aromatic rings. The number of carbonyl (C=O) groups excluding carboxylic acids is 3. The van der Waals surface area contributed by atoms with E-state index in [0.29, 0.717) is 19.3 Å². The van der Waals surface area contributed by atoms with E-state index in [2.05, 4.69) is 5.32 Å². The SMILES string of the molecule is CCC(=O)Nc1ccc(CCC(=O)CC(C)=O)cc1. The molecule has 102 valence electrons. The molecule has 1 N–H and O–H groups in total. The van der Waals surface area contributed by atoms with Gasteiger partial charge in [-0.2, -0.15) is 0 Å². The monoisotopic (exact) mass is 261 g/mol. The maximum atomic E-state index is 11.4. The van der Waals surface area contributed by atoms with Crippen molar-refractivity contribution < 1.29 is 14.4 Å². The number of hydrogen-bond donors (Lipinski definition) is 1. The van der Waals surface area contributed by atoms with Crippen molar-refractivity contribution in [2.45, 2.75) is 39.5 Å². The lowest BCUT2D eigenvalue weighted by Crippen LogP contribution is -2.09. The summed E-state index contributed by atoms with van der Waals surface area (Å²) in [5.74, 6) is -0.150. The lowest BCUT2D eigenvalue weighted by Gasteiger charge is -2.05. The van der Waals surface area contributed by atoms with E-state index >= 15 is 0 Å². The number of benzene rings is 1. The molecular formula is C15H19NO3. The van der Waals surface area contributed by atoms with E-state index in [1.54, 1.807) is 6.92 Å². The van der Waals surface area contributed by atoms with Crippen LogP contribution in [0.4, 0.5) is 5.69 Å². The van der Waals surface area contributed by atoms with Gasteiger partial charge in [-0.05, 0) is 31.0 Å². The van der Waals surface area contributed by atoms with Gasteiger partial charge < -0.3 is 5.32 Å². The zero-order valence-electron chi connectivity index (χ0n) is 11.4. The van der Waals surface area contributed by atoms with Crippen LogP contribution in [0.2, 0.25) is 0 Å². The van der Waals surface area contributed by atoms with Crippen molar-refractivity contribution in [2.24, 2.45) is 0 Å². The van der Waals surface area contributed by atoms with Crippen LogP contribution in [0.25, 0.3) is 0 Å². The number of anilines is 1. The first-order chi connectivity index (χ1) is 9.01. The number of Topliss-reactive ketones (excluding diaryl/α,β-unsaturated/α-hetero) is 2. The van der Waals surface area contributed by atoms with Crippen LogP contribution < -0.4 is 5.32 Å². The molecule has 0 unspecified atom stereocenters. The number of carbonyl (C=O) groups is 3. The van der Waals surface area contributed by atoms with Gasteiger partial charge in [0.1, 0.15) is 11.6 Å². The molecule has 0 aliphatic carbocycles. The fraction of sp³-hybridized carbons (Fsp3) is 0.400. The molecule has 0 saturated carbocycles. The first kappa shape index (κ1) is 15.1. The molecule has 1 rings (SSSR count). The zero-order valence-corrected chi connectivity index (χ0v) is 11.4. The Labute approximate surface area is 113 Å². The molecule has 0 fully saturated rings. The maximum Gasteiger partial charge on any atom is 0.224 e. The van der Waals surface area contributed by atoms with Gasteiger partial charge in [0.05, 0.1) is 6.42 Å². The molecule has 0 bridgehead atoms. The zero-order chi connectivity index (χ0) is 14.3. The lowest BCUT2D eigenvalue weighted by molar-refractivity contribution is -0.125. The largest absolute Gasteiger partial charge is 0.326 e. The topological polar surface area (TPSA) is 63.2 Å². The minimum absolute atomic E-state index is 0.0185. The first-order valence-electron chi connectivity index (χ1n) is 6.41. The van der Waals surface area contributed by atoms with Gasteiger partial charge in [0, 0.05) is 18.5 Å². The Hall–Kier alpha value is -1.97. The predicted octanol–water partition coefficient (Wildman–Crippen LogP) is 2.52. The predicted molar refractivity (Wildman–Crippen MR) is 74.0 cm³/mol. The molecule has 0 radical (unpaired) electrons. The standard InChI is InChI=1S/C15H19NO3/c1-3-15(19)16-13-7-4-12(5-8-13)6-9-14(18)10-11(2)17/h4-5,7-8H,3,6,9-10H2,1-2H3,(H,16,19). The van der Waals surface area contributed by atoms with Crippen LogP contribution in [0, 0.1) is 0 Å². The minimum Gasteiger partial charge on any atom is -0.326 e. The Morgan fingerprint density at radius 2 is 1.74 bits per heavy atom. The van der Waals surface area contributed by atoms with E-state index < -0.39 is 0 Å². The van der Waals surface area contributed by atoms with Gasteiger partial charge in [-0.3, -0.25) is 14.4 Å². The Morgan fingerprint density at radius 3 is 2.26 bits per heavy atom. The van der Waals surface area contributed by atoms with Gasteiger partial charge in [-0.1, -0.05) is 19.1 Å². The Morgan fingerprint density at radius 1 is 1.11 bits per heavy atom. The van der Waals surface area contributed by atoms with Crippen LogP contribution in [-0.4, -0.2) is 17.5 Å². The average molecular weight is 261 g/mol. The van der Waals surface area contributed by atoms with Crippen LogP contribution in [-0.2, 0) is 20.8 Å². The van der Waals surface area contributed by atoms with Gasteiger partial charge in [-0.25, -0.2) is 0 Å². The van der Waals surface area contributed by atoms with Crippen molar-refractivity contribution in [3.8, 4) is 0 Å². The number of aryl methyl sites for hydroxylation is 1. The van der Waals surface area contributed by atoms with Crippen molar-refractivity contribution in [3.05, 3.63) is 29.8 Å². The molecular weight excluding hydrogens is 242 g/mol. The Balaban J connectivity index is 2.46. The van der Waals surface area contributed by atoms with Gasteiger partial charge in [0.25, 0.3) is 0 Å². The summed E-state index contributed by atoms with van der Waals surface area (Å²) >= 11 is 0. The Kier molecular flexibility index (Phi) is 5.93. The maximum absolute atomic E-state index is 11.4. The summed E-state index contributed by atoms with van der Waals surface area (Å²) in [4.78, 5) is 33.4. The van der Waals surface area contributed by atoms with Crippen LogP contribution in [0.15, 0.2) is 24.3 Å². The quantitative estimate of drug-likeness (QED) is 0.767. The van der Waals surface area contributed by atoms with Crippen molar-refractivity contribution in [1.82, 2.24) is 0 Å². The molecule has 4 nitrogen and oxygen atoms in total. The molecule has 4 heteroatoms. The smallest absolute Gasteiger partial charge is 0.224 e. The summed E-state index contributed by atoms with van der Waals surface area (Å²) in [7, 11) is 0. The van der Waals surface area contributed by atoms with E-state index in [0.717, 1.165) is 11.3 Å². The number of nitrogens with one attached hydrogen (secondary N) is 1. The molecule has 0 aromatic heterocycles. The molecule has 0 saturated heterocycles. The minimum atomic E-state index is -0.0948. The van der Waals surface area contributed by atoms with E-state index in [9.17, 15) is 14.4 Å². The second-order valence-electron chi connectivity index (χ2n) is 4.52. The van der Waals surface area contributed by atoms with Crippen LogP contribution in [0.5, 0.6) is 0 Å². The molecule has 0 spiro atoms. The fourth-order valence-corrected chi connectivity index (χ4v) is 1.65. The van der Waals surface area contributed by atoms with E-state index in [-0.39, 0.29) is 23.9 Å². The van der Waals surface area contributed by atoms with Crippen molar-refractivity contribution in [1.29, 1.82) is 0 Å². The van der Waals surface area contributed by atoms with Gasteiger partial charge >= 0.3 is 0 Å². The summed E-state index contributed by atoms with van der Waals surface area (Å²) in [5.41, 5.74) is 1.78. The van der Waals surface area contributed by atoms with Crippen LogP contribution in [0.1, 0.15) is 38.7 Å². The third-order valence-electron chi connectivity index (χ3n) is 2.70. The van der Waals surface area contributed by atoms with Gasteiger partial charge in [0.15, 0.2) is 0 Å². The van der Waals surface area contributed by atoms with Crippen LogP contribution in [0.3, 0.4) is 0 Å². The number of ketones is 2. The second kappa shape index (κ2) is 7.46. The molecule has 0 aliphatic heterocycles. The summed E-state index contributed by atoms with van der Waals surface area (Å²) in [6.45, 7) is 3.22. The highest BCUT2D eigenvalue weighted by molar-refractivity contribution is 5.97. The lowest BCUT2D eigenvalue weighted by atomic mass is 10.0. The van der Waals surface area contributed by atoms with Crippen LogP contribution >= 0.6 is 0 Å². The number of hydrogen-bond acceptors (Lipinski definition) is 3. The van der Waals surface area contributed by atoms with Crippen molar-refractivity contribution >= 4 is 23.2 Å². The number of rotatable bonds is 7. The van der Waals surface area contributed by atoms with Gasteiger partial charge in [0.2, 0.25) is 5.91 Å². The molecule has 1 amide bonds. The summed E-state index contributed by atoms with van der Waals surface area (Å²) in [5, 5.41) is 2.76. The summed E-state index contributed by atoms with van der Waals surface area (Å²) in [6, 6.07) is 7.40. The molecule has 0 aliphatic rings. The fourth-order valence-electron chi connectivity index (χ4n) is 1.65. The highest BCUT2D eigenvalue weighted by Gasteiger charge is 2.06. The van der Waals surface area contributed by atoms with Crippen molar-refractivity contribution in [2.75, 3.05) is 5.32 Å². The van der Waals surface area contributed by atoms with Gasteiger partial charge in [-0.15, -0.1) is 0 Å². The third kappa shape index (κ3) is 5.95. The van der Waals surface area contributed by atoms with E-state index in [1.165, 1.54) is 6.92 Å².